The Hall–Kier alpha value is -3.86. The standard InChI is InChI=1S/C27H26F3N3O4S/c28-27(29,30)22-6-4-7-23(16-22)33(38(36,37)24-8-2-1-3-9-24)19-25(34)31-17-20-11-13-21(14-12-20)18-32-15-5-10-26(32)35/h1-4,6-9,11-14,16H,5,10,15,17-19H2,(H,31,34). The summed E-state index contributed by atoms with van der Waals surface area (Å²) in [6.07, 6.45) is -3.28. The Morgan fingerprint density at radius 3 is 2.26 bits per heavy atom. The topological polar surface area (TPSA) is 86.8 Å². The highest BCUT2D eigenvalue weighted by Crippen LogP contribution is 2.33. The zero-order chi connectivity index (χ0) is 27.3. The first-order valence-electron chi connectivity index (χ1n) is 11.9. The molecule has 0 atom stereocenters. The summed E-state index contributed by atoms with van der Waals surface area (Å²) < 4.78 is 67.3. The van der Waals surface area contributed by atoms with Crippen LogP contribution in [-0.2, 0) is 38.9 Å². The van der Waals surface area contributed by atoms with E-state index in [0.29, 0.717) is 23.3 Å². The van der Waals surface area contributed by atoms with Crippen molar-refractivity contribution in [2.75, 3.05) is 17.4 Å². The minimum Gasteiger partial charge on any atom is -0.350 e. The predicted molar refractivity (Wildman–Crippen MR) is 135 cm³/mol. The predicted octanol–water partition coefficient (Wildman–Crippen LogP) is 4.34. The van der Waals surface area contributed by atoms with E-state index in [-0.39, 0.29) is 23.0 Å². The summed E-state index contributed by atoms with van der Waals surface area (Å²) in [6, 6.07) is 18.3. The molecule has 0 bridgehead atoms. The third-order valence-corrected chi connectivity index (χ3v) is 7.93. The second-order valence-corrected chi connectivity index (χ2v) is 10.7. The highest BCUT2D eigenvalue weighted by atomic mass is 32.2. The van der Waals surface area contributed by atoms with Crippen LogP contribution < -0.4 is 9.62 Å². The van der Waals surface area contributed by atoms with Gasteiger partial charge in [-0.3, -0.25) is 13.9 Å². The Balaban J connectivity index is 1.48. The Morgan fingerprint density at radius 2 is 1.63 bits per heavy atom. The molecule has 3 aromatic carbocycles. The van der Waals surface area contributed by atoms with Crippen molar-refractivity contribution in [3.8, 4) is 0 Å². The molecular formula is C27H26F3N3O4S. The third-order valence-electron chi connectivity index (χ3n) is 6.14. The van der Waals surface area contributed by atoms with Gasteiger partial charge in [-0.2, -0.15) is 13.2 Å². The van der Waals surface area contributed by atoms with Crippen molar-refractivity contribution in [1.29, 1.82) is 0 Å². The van der Waals surface area contributed by atoms with Crippen LogP contribution in [-0.4, -0.2) is 38.2 Å². The van der Waals surface area contributed by atoms with Crippen LogP contribution in [0.1, 0.15) is 29.5 Å². The van der Waals surface area contributed by atoms with Crippen molar-refractivity contribution in [1.82, 2.24) is 10.2 Å². The number of amides is 2. The van der Waals surface area contributed by atoms with E-state index in [2.05, 4.69) is 5.32 Å². The van der Waals surface area contributed by atoms with Gasteiger partial charge < -0.3 is 10.2 Å². The first-order valence-corrected chi connectivity index (χ1v) is 13.4. The lowest BCUT2D eigenvalue weighted by atomic mass is 10.1. The molecule has 0 aromatic heterocycles. The molecule has 11 heteroatoms. The minimum atomic E-state index is -4.69. The molecule has 0 spiro atoms. The van der Waals surface area contributed by atoms with Crippen LogP contribution in [0.2, 0.25) is 0 Å². The number of benzene rings is 3. The number of rotatable bonds is 9. The van der Waals surface area contributed by atoms with E-state index in [1.165, 1.54) is 30.3 Å². The van der Waals surface area contributed by atoms with Gasteiger partial charge in [-0.25, -0.2) is 8.42 Å². The SMILES string of the molecule is O=C(CN(c1cccc(C(F)(F)F)c1)S(=O)(=O)c1ccccc1)NCc1ccc(CN2CCCC2=O)cc1. The maximum absolute atomic E-state index is 13.3. The number of alkyl halides is 3. The number of carbonyl (C=O) groups excluding carboxylic acids is 2. The molecular weight excluding hydrogens is 519 g/mol. The van der Waals surface area contributed by atoms with Gasteiger partial charge in [0.05, 0.1) is 16.1 Å². The Bertz CT molecular complexity index is 1400. The molecule has 0 saturated carbocycles. The number of nitrogens with zero attached hydrogens (tertiary/aromatic N) is 2. The number of hydrogen-bond donors (Lipinski definition) is 1. The molecule has 0 aliphatic carbocycles. The van der Waals surface area contributed by atoms with E-state index in [1.54, 1.807) is 23.1 Å². The molecule has 1 aliphatic heterocycles. The van der Waals surface area contributed by atoms with Gasteiger partial charge in [-0.15, -0.1) is 0 Å². The average molecular weight is 546 g/mol. The lowest BCUT2D eigenvalue weighted by Crippen LogP contribution is -2.40. The summed E-state index contributed by atoms with van der Waals surface area (Å²) in [5, 5.41) is 2.64. The Labute approximate surface area is 218 Å². The van der Waals surface area contributed by atoms with Gasteiger partial charge in [0, 0.05) is 26.1 Å². The molecule has 0 radical (unpaired) electrons. The van der Waals surface area contributed by atoms with Crippen LogP contribution in [0.4, 0.5) is 18.9 Å². The fourth-order valence-electron chi connectivity index (χ4n) is 4.11. The molecule has 0 unspecified atom stereocenters. The molecule has 2 amide bonds. The maximum atomic E-state index is 13.3. The summed E-state index contributed by atoms with van der Waals surface area (Å²) in [5.41, 5.74) is 0.380. The largest absolute Gasteiger partial charge is 0.416 e. The number of carbonyl (C=O) groups is 2. The third kappa shape index (κ3) is 6.52. The first-order chi connectivity index (χ1) is 18.0. The van der Waals surface area contributed by atoms with Crippen LogP contribution in [0.5, 0.6) is 0 Å². The summed E-state index contributed by atoms with van der Waals surface area (Å²) in [5.74, 6) is -0.564. The van der Waals surface area contributed by atoms with Gasteiger partial charge in [0.25, 0.3) is 10.0 Å². The van der Waals surface area contributed by atoms with Gasteiger partial charge in [-0.1, -0.05) is 48.5 Å². The van der Waals surface area contributed by atoms with Gasteiger partial charge in [-0.05, 0) is 47.9 Å². The quantitative estimate of drug-likeness (QED) is 0.434. The summed E-state index contributed by atoms with van der Waals surface area (Å²) >= 11 is 0. The van der Waals surface area contributed by atoms with E-state index in [1.807, 2.05) is 12.1 Å². The van der Waals surface area contributed by atoms with Crippen molar-refractivity contribution < 1.29 is 31.2 Å². The summed E-state index contributed by atoms with van der Waals surface area (Å²) in [4.78, 5) is 26.3. The summed E-state index contributed by atoms with van der Waals surface area (Å²) in [7, 11) is -4.34. The molecule has 1 fully saturated rings. The molecule has 1 saturated heterocycles. The molecule has 200 valence electrons. The van der Waals surface area contributed by atoms with E-state index in [0.717, 1.165) is 36.2 Å². The molecule has 7 nitrogen and oxygen atoms in total. The number of likely N-dealkylation sites (tertiary alicyclic amines) is 1. The minimum absolute atomic E-state index is 0.0869. The van der Waals surface area contributed by atoms with Gasteiger partial charge >= 0.3 is 6.18 Å². The normalized spacial score (nSPS) is 14.0. The highest BCUT2D eigenvalue weighted by molar-refractivity contribution is 7.92. The zero-order valence-electron chi connectivity index (χ0n) is 20.3. The molecule has 1 N–H and O–H groups in total. The lowest BCUT2D eigenvalue weighted by Gasteiger charge is -2.25. The van der Waals surface area contributed by atoms with Gasteiger partial charge in [0.1, 0.15) is 6.54 Å². The summed E-state index contributed by atoms with van der Waals surface area (Å²) in [6.45, 7) is 0.608. The van der Waals surface area contributed by atoms with Crippen LogP contribution in [0.3, 0.4) is 0 Å². The van der Waals surface area contributed by atoms with E-state index in [9.17, 15) is 31.2 Å². The molecule has 3 aromatic rings. The Morgan fingerprint density at radius 1 is 0.947 bits per heavy atom. The van der Waals surface area contributed by atoms with Crippen molar-refractivity contribution in [2.45, 2.75) is 37.0 Å². The van der Waals surface area contributed by atoms with E-state index < -0.39 is 34.2 Å². The molecule has 38 heavy (non-hydrogen) atoms. The van der Waals surface area contributed by atoms with Gasteiger partial charge in [0.2, 0.25) is 11.8 Å². The second kappa shape index (κ2) is 11.3. The average Bonchev–Trinajstić information content (AvgIpc) is 3.31. The van der Waals surface area contributed by atoms with Crippen LogP contribution in [0, 0.1) is 0 Å². The molecule has 1 aliphatic rings. The number of anilines is 1. The molecule has 1 heterocycles. The monoisotopic (exact) mass is 545 g/mol. The first kappa shape index (κ1) is 27.2. The van der Waals surface area contributed by atoms with Crippen LogP contribution >= 0.6 is 0 Å². The fourth-order valence-corrected chi connectivity index (χ4v) is 5.55. The zero-order valence-corrected chi connectivity index (χ0v) is 21.1. The number of nitrogens with one attached hydrogen (secondary N) is 1. The van der Waals surface area contributed by atoms with Crippen molar-refractivity contribution >= 4 is 27.5 Å². The van der Waals surface area contributed by atoms with Crippen molar-refractivity contribution in [3.63, 3.8) is 0 Å². The van der Waals surface area contributed by atoms with Crippen molar-refractivity contribution in [3.05, 3.63) is 95.6 Å². The smallest absolute Gasteiger partial charge is 0.350 e. The molecule has 4 rings (SSSR count). The fraction of sp³-hybridized carbons (Fsp3) is 0.259. The Kier molecular flexibility index (Phi) is 8.05. The number of halogens is 3. The van der Waals surface area contributed by atoms with Gasteiger partial charge in [0.15, 0.2) is 0 Å². The van der Waals surface area contributed by atoms with E-state index in [4.69, 9.17) is 0 Å². The number of sulfonamides is 1. The van der Waals surface area contributed by atoms with Crippen LogP contribution in [0.25, 0.3) is 0 Å². The highest BCUT2D eigenvalue weighted by Gasteiger charge is 2.33. The maximum Gasteiger partial charge on any atom is 0.416 e. The van der Waals surface area contributed by atoms with E-state index >= 15 is 0 Å². The van der Waals surface area contributed by atoms with Crippen molar-refractivity contribution in [2.24, 2.45) is 0 Å². The number of hydrogen-bond acceptors (Lipinski definition) is 4. The second-order valence-electron chi connectivity index (χ2n) is 8.88. The lowest BCUT2D eigenvalue weighted by molar-refractivity contribution is -0.137. The van der Waals surface area contributed by atoms with Crippen LogP contribution in [0.15, 0.2) is 83.8 Å².